The van der Waals surface area contributed by atoms with Crippen molar-refractivity contribution in [3.8, 4) is 0 Å². The largest absolute Gasteiger partial charge is 0.329 e. The Balaban J connectivity index is 2.77. The van der Waals surface area contributed by atoms with Crippen LogP contribution >= 0.6 is 0 Å². The van der Waals surface area contributed by atoms with E-state index < -0.39 is 25.4 Å². The highest BCUT2D eigenvalue weighted by molar-refractivity contribution is 5.27. The second-order valence-corrected chi connectivity index (χ2v) is 3.56. The van der Waals surface area contributed by atoms with Gasteiger partial charge in [0.15, 0.2) is 0 Å². The summed E-state index contributed by atoms with van der Waals surface area (Å²) in [6.07, 6.45) is -5.08. The average molecular weight is 250 g/mol. The average Bonchev–Trinajstić information content (AvgIpc) is 2.30. The minimum Gasteiger partial charge on any atom is -0.329 e. The van der Waals surface area contributed by atoms with E-state index in [2.05, 4.69) is 5.32 Å². The van der Waals surface area contributed by atoms with Crippen molar-refractivity contribution in [2.24, 2.45) is 5.73 Å². The Kier molecular flexibility index (Phi) is 5.37. The molecule has 1 rings (SSSR count). The first-order valence-corrected chi connectivity index (χ1v) is 5.14. The molecule has 0 aliphatic heterocycles. The highest BCUT2D eigenvalue weighted by Gasteiger charge is 2.14. The number of benzene rings is 1. The summed E-state index contributed by atoms with van der Waals surface area (Å²) in [6, 6.07) is 5.07. The van der Waals surface area contributed by atoms with Crippen LogP contribution in [0.2, 0.25) is 0 Å². The van der Waals surface area contributed by atoms with E-state index in [9.17, 15) is 17.6 Å². The number of rotatable bonds is 6. The quantitative estimate of drug-likeness (QED) is 0.761. The van der Waals surface area contributed by atoms with Gasteiger partial charge in [-0.05, 0) is 11.6 Å². The van der Waals surface area contributed by atoms with Crippen LogP contribution in [0.3, 0.4) is 0 Å². The fourth-order valence-electron chi connectivity index (χ4n) is 1.48. The predicted molar refractivity (Wildman–Crippen MR) is 57.2 cm³/mol. The molecule has 2 nitrogen and oxygen atoms in total. The minimum atomic E-state index is -2.58. The molecule has 0 bridgehead atoms. The molecule has 6 heteroatoms. The van der Waals surface area contributed by atoms with Crippen molar-refractivity contribution in [3.05, 3.63) is 35.4 Å². The first-order valence-electron chi connectivity index (χ1n) is 5.14. The maximum Gasteiger partial charge on any atom is 0.263 e. The lowest BCUT2D eigenvalue weighted by atomic mass is 10.0. The third kappa shape index (κ3) is 4.32. The van der Waals surface area contributed by atoms with Crippen molar-refractivity contribution < 1.29 is 17.6 Å². The Morgan fingerprint density at radius 1 is 1.12 bits per heavy atom. The summed E-state index contributed by atoms with van der Waals surface area (Å²) in [6.45, 7) is -0.444. The van der Waals surface area contributed by atoms with Crippen LogP contribution in [-0.4, -0.2) is 19.5 Å². The van der Waals surface area contributed by atoms with E-state index in [0.29, 0.717) is 5.56 Å². The van der Waals surface area contributed by atoms with Crippen LogP contribution in [0.5, 0.6) is 0 Å². The molecular weight excluding hydrogens is 236 g/mol. The predicted octanol–water partition coefficient (Wildman–Crippen LogP) is 2.48. The smallest absolute Gasteiger partial charge is 0.263 e. The first kappa shape index (κ1) is 13.9. The van der Waals surface area contributed by atoms with Gasteiger partial charge in [0.05, 0.1) is 6.54 Å². The molecule has 0 aliphatic carbocycles. The molecule has 0 amide bonds. The van der Waals surface area contributed by atoms with Crippen molar-refractivity contribution in [2.45, 2.75) is 18.9 Å². The van der Waals surface area contributed by atoms with E-state index in [0.717, 1.165) is 0 Å². The Bertz CT molecular complexity index is 344. The fourth-order valence-corrected chi connectivity index (χ4v) is 1.48. The molecule has 17 heavy (non-hydrogen) atoms. The lowest BCUT2D eigenvalue weighted by Gasteiger charge is -2.17. The third-order valence-electron chi connectivity index (χ3n) is 2.32. The van der Waals surface area contributed by atoms with Crippen LogP contribution in [0.4, 0.5) is 17.6 Å². The van der Waals surface area contributed by atoms with Crippen LogP contribution in [0, 0.1) is 0 Å². The van der Waals surface area contributed by atoms with E-state index in [1.807, 2.05) is 0 Å². The summed E-state index contributed by atoms with van der Waals surface area (Å²) in [5.41, 5.74) is 5.77. The fraction of sp³-hybridized carbons (Fsp3) is 0.455. The van der Waals surface area contributed by atoms with E-state index in [4.69, 9.17) is 5.73 Å². The van der Waals surface area contributed by atoms with Crippen LogP contribution in [0.15, 0.2) is 24.3 Å². The molecule has 0 heterocycles. The molecular formula is C11H14F4N2. The monoisotopic (exact) mass is 250 g/mol. The third-order valence-corrected chi connectivity index (χ3v) is 2.32. The van der Waals surface area contributed by atoms with E-state index >= 15 is 0 Å². The molecule has 0 fully saturated rings. The number of hydrogen-bond acceptors (Lipinski definition) is 2. The number of nitrogens with one attached hydrogen (secondary N) is 1. The number of halogens is 4. The minimum absolute atomic E-state index is 0.0689. The molecule has 0 aliphatic rings. The van der Waals surface area contributed by atoms with Gasteiger partial charge in [0, 0.05) is 18.2 Å². The molecule has 1 atom stereocenters. The van der Waals surface area contributed by atoms with Gasteiger partial charge < -0.3 is 11.1 Å². The molecule has 0 saturated carbocycles. The van der Waals surface area contributed by atoms with E-state index in [1.165, 1.54) is 18.2 Å². The Morgan fingerprint density at radius 2 is 1.76 bits per heavy atom. The zero-order valence-corrected chi connectivity index (χ0v) is 9.04. The second-order valence-electron chi connectivity index (χ2n) is 3.56. The molecule has 0 radical (unpaired) electrons. The highest BCUT2D eigenvalue weighted by atomic mass is 19.3. The zero-order chi connectivity index (χ0) is 12.8. The van der Waals surface area contributed by atoms with Crippen LogP contribution in [0.1, 0.15) is 23.6 Å². The van der Waals surface area contributed by atoms with Crippen molar-refractivity contribution in [3.63, 3.8) is 0 Å². The molecule has 1 aromatic rings. The molecule has 1 aromatic carbocycles. The molecule has 0 aromatic heterocycles. The first-order chi connectivity index (χ1) is 8.04. The highest BCUT2D eigenvalue weighted by Crippen LogP contribution is 2.22. The molecule has 0 spiro atoms. The number of alkyl halides is 4. The molecule has 3 N–H and O–H groups in total. The summed E-state index contributed by atoms with van der Waals surface area (Å²) in [7, 11) is 0. The van der Waals surface area contributed by atoms with Gasteiger partial charge in [-0.3, -0.25) is 0 Å². The summed E-state index contributed by atoms with van der Waals surface area (Å²) in [5, 5.41) is 2.53. The summed E-state index contributed by atoms with van der Waals surface area (Å²) in [4.78, 5) is 0. The lowest BCUT2D eigenvalue weighted by Crippen LogP contribution is -2.31. The molecule has 1 unspecified atom stereocenters. The van der Waals surface area contributed by atoms with Gasteiger partial charge in [-0.15, -0.1) is 0 Å². The Labute approximate surface area is 96.8 Å². The van der Waals surface area contributed by atoms with Crippen LogP contribution in [-0.2, 0) is 0 Å². The van der Waals surface area contributed by atoms with Gasteiger partial charge >= 0.3 is 0 Å². The summed E-state index contributed by atoms with van der Waals surface area (Å²) < 4.78 is 49.0. The summed E-state index contributed by atoms with van der Waals surface area (Å²) in [5.74, 6) is 0. The van der Waals surface area contributed by atoms with Gasteiger partial charge in [0.2, 0.25) is 0 Å². The Morgan fingerprint density at radius 3 is 2.29 bits per heavy atom. The lowest BCUT2D eigenvalue weighted by molar-refractivity contribution is 0.141. The van der Waals surface area contributed by atoms with Crippen LogP contribution in [0.25, 0.3) is 0 Å². The zero-order valence-electron chi connectivity index (χ0n) is 9.04. The van der Waals surface area contributed by atoms with Crippen LogP contribution < -0.4 is 11.1 Å². The van der Waals surface area contributed by atoms with Crippen molar-refractivity contribution >= 4 is 0 Å². The molecule has 0 saturated heterocycles. The number of hydrogen-bond donors (Lipinski definition) is 2. The molecule has 96 valence electrons. The van der Waals surface area contributed by atoms with Crippen molar-refractivity contribution in [1.82, 2.24) is 5.32 Å². The van der Waals surface area contributed by atoms with Gasteiger partial charge in [-0.25, -0.2) is 17.6 Å². The van der Waals surface area contributed by atoms with E-state index in [-0.39, 0.29) is 12.1 Å². The van der Waals surface area contributed by atoms with Crippen molar-refractivity contribution in [1.29, 1.82) is 0 Å². The second kappa shape index (κ2) is 6.56. The standard InChI is InChI=1S/C11H14F4N2/c12-10(13)6-17-9(5-16)7-2-1-3-8(4-7)11(14)15/h1-4,9-11,17H,5-6,16H2. The normalized spacial score (nSPS) is 13.4. The Hall–Kier alpha value is -1.14. The van der Waals surface area contributed by atoms with Crippen molar-refractivity contribution in [2.75, 3.05) is 13.1 Å². The summed E-state index contributed by atoms with van der Waals surface area (Å²) >= 11 is 0. The van der Waals surface area contributed by atoms with E-state index in [1.54, 1.807) is 6.07 Å². The van der Waals surface area contributed by atoms with Gasteiger partial charge in [0.25, 0.3) is 12.9 Å². The van der Waals surface area contributed by atoms with Gasteiger partial charge in [-0.2, -0.15) is 0 Å². The number of nitrogens with two attached hydrogens (primary N) is 1. The maximum atomic E-state index is 12.5. The SMILES string of the molecule is NCC(NCC(F)F)c1cccc(C(F)F)c1. The maximum absolute atomic E-state index is 12.5. The topological polar surface area (TPSA) is 38.0 Å². The van der Waals surface area contributed by atoms with Gasteiger partial charge in [-0.1, -0.05) is 18.2 Å². The van der Waals surface area contributed by atoms with Gasteiger partial charge in [0.1, 0.15) is 0 Å².